The van der Waals surface area contributed by atoms with E-state index in [-0.39, 0.29) is 0 Å². The summed E-state index contributed by atoms with van der Waals surface area (Å²) in [5.74, 6) is 1.26. The van der Waals surface area contributed by atoms with Gasteiger partial charge in [-0.2, -0.15) is 4.98 Å². The van der Waals surface area contributed by atoms with Crippen molar-refractivity contribution < 1.29 is 0 Å². The zero-order valence-electron chi connectivity index (χ0n) is 10.6. The second kappa shape index (κ2) is 5.65. The molecule has 0 atom stereocenters. The molecular formula is C11H21N5. The van der Waals surface area contributed by atoms with Gasteiger partial charge in [0.05, 0.1) is 0 Å². The number of hydrogen-bond donors (Lipinski definition) is 1. The minimum atomic E-state index is 0.333. The lowest BCUT2D eigenvalue weighted by molar-refractivity contribution is 0.401. The molecule has 1 aromatic rings. The molecule has 1 rings (SSSR count). The Bertz CT molecular complexity index is 337. The predicted molar refractivity (Wildman–Crippen MR) is 67.6 cm³/mol. The lowest BCUT2D eigenvalue weighted by Gasteiger charge is -2.21. The molecule has 0 saturated carbocycles. The van der Waals surface area contributed by atoms with Crippen LogP contribution in [0.3, 0.4) is 0 Å². The van der Waals surface area contributed by atoms with Crippen LogP contribution in [0, 0.1) is 6.92 Å². The van der Waals surface area contributed by atoms with Gasteiger partial charge in [-0.1, -0.05) is 0 Å². The van der Waals surface area contributed by atoms with Crippen molar-refractivity contribution in [1.82, 2.24) is 14.9 Å². The fourth-order valence-electron chi connectivity index (χ4n) is 1.56. The second-order valence-corrected chi connectivity index (χ2v) is 4.31. The molecule has 90 valence electrons. The van der Waals surface area contributed by atoms with Gasteiger partial charge in [-0.15, -0.1) is 0 Å². The molecule has 0 unspecified atom stereocenters. The van der Waals surface area contributed by atoms with Crippen LogP contribution in [0.25, 0.3) is 0 Å². The number of nitrogens with zero attached hydrogens (tertiary/aromatic N) is 4. The number of nitrogen functional groups attached to an aromatic ring is 1. The molecule has 0 aliphatic heterocycles. The quantitative estimate of drug-likeness (QED) is 0.798. The third-order valence-electron chi connectivity index (χ3n) is 2.42. The van der Waals surface area contributed by atoms with Crippen LogP contribution in [-0.4, -0.2) is 49.1 Å². The first kappa shape index (κ1) is 12.7. The van der Waals surface area contributed by atoms with Crippen LogP contribution in [0.5, 0.6) is 0 Å². The second-order valence-electron chi connectivity index (χ2n) is 4.31. The number of aryl methyl sites for hydroxylation is 1. The molecule has 0 spiro atoms. The van der Waals surface area contributed by atoms with E-state index in [0.717, 1.165) is 30.9 Å². The molecular weight excluding hydrogens is 202 g/mol. The van der Waals surface area contributed by atoms with Crippen LogP contribution in [0.1, 0.15) is 12.0 Å². The van der Waals surface area contributed by atoms with Gasteiger partial charge in [-0.05, 0) is 34.0 Å². The lowest BCUT2D eigenvalue weighted by atomic mass is 10.3. The fraction of sp³-hybridized carbons (Fsp3) is 0.636. The Morgan fingerprint density at radius 1 is 1.25 bits per heavy atom. The molecule has 0 aliphatic rings. The maximum Gasteiger partial charge on any atom is 0.221 e. The highest BCUT2D eigenvalue weighted by Crippen LogP contribution is 2.15. The van der Waals surface area contributed by atoms with E-state index in [1.54, 1.807) is 6.20 Å². The summed E-state index contributed by atoms with van der Waals surface area (Å²) in [6.07, 6.45) is 2.87. The number of rotatable bonds is 5. The Labute approximate surface area is 97.3 Å². The highest BCUT2D eigenvalue weighted by Gasteiger charge is 2.07. The smallest absolute Gasteiger partial charge is 0.221 e. The average Bonchev–Trinajstić information content (AvgIpc) is 2.21. The lowest BCUT2D eigenvalue weighted by Crippen LogP contribution is -2.25. The average molecular weight is 223 g/mol. The van der Waals surface area contributed by atoms with E-state index in [9.17, 15) is 0 Å². The molecule has 1 heterocycles. The SMILES string of the molecule is Cc1cnc(N)nc1N(C)CCCN(C)C. The summed E-state index contributed by atoms with van der Waals surface area (Å²) in [5.41, 5.74) is 6.64. The van der Waals surface area contributed by atoms with Gasteiger partial charge in [0.15, 0.2) is 0 Å². The molecule has 1 aromatic heterocycles. The van der Waals surface area contributed by atoms with Crippen molar-refractivity contribution in [2.45, 2.75) is 13.3 Å². The van der Waals surface area contributed by atoms with Crippen LogP contribution in [0.15, 0.2) is 6.20 Å². The first-order valence-corrected chi connectivity index (χ1v) is 5.45. The molecule has 0 amide bonds. The first-order valence-electron chi connectivity index (χ1n) is 5.45. The number of aromatic nitrogens is 2. The molecule has 5 heteroatoms. The minimum Gasteiger partial charge on any atom is -0.368 e. The normalized spacial score (nSPS) is 10.8. The summed E-state index contributed by atoms with van der Waals surface area (Å²) < 4.78 is 0. The number of nitrogens with two attached hydrogens (primary N) is 1. The highest BCUT2D eigenvalue weighted by molar-refractivity contribution is 5.47. The van der Waals surface area contributed by atoms with Gasteiger partial charge in [-0.25, -0.2) is 4.98 Å². The van der Waals surface area contributed by atoms with E-state index in [2.05, 4.69) is 33.9 Å². The molecule has 0 fully saturated rings. The topological polar surface area (TPSA) is 58.3 Å². The van der Waals surface area contributed by atoms with Crippen molar-refractivity contribution in [2.24, 2.45) is 0 Å². The maximum absolute atomic E-state index is 5.59. The molecule has 0 aromatic carbocycles. The maximum atomic E-state index is 5.59. The van der Waals surface area contributed by atoms with Crippen molar-refractivity contribution in [3.63, 3.8) is 0 Å². The number of hydrogen-bond acceptors (Lipinski definition) is 5. The zero-order valence-corrected chi connectivity index (χ0v) is 10.6. The van der Waals surface area contributed by atoms with Gasteiger partial charge in [0.1, 0.15) is 5.82 Å². The standard InChI is InChI=1S/C11H21N5/c1-9-8-13-11(12)14-10(9)16(4)7-5-6-15(2)3/h8H,5-7H2,1-4H3,(H2,12,13,14). The van der Waals surface area contributed by atoms with Gasteiger partial charge in [0.2, 0.25) is 5.95 Å². The Morgan fingerprint density at radius 2 is 1.94 bits per heavy atom. The fourth-order valence-corrected chi connectivity index (χ4v) is 1.56. The molecule has 0 saturated heterocycles. The van der Waals surface area contributed by atoms with E-state index < -0.39 is 0 Å². The van der Waals surface area contributed by atoms with Crippen LogP contribution >= 0.6 is 0 Å². The van der Waals surface area contributed by atoms with Gasteiger partial charge in [0.25, 0.3) is 0 Å². The summed E-state index contributed by atoms with van der Waals surface area (Å²) in [6.45, 7) is 4.04. The van der Waals surface area contributed by atoms with Gasteiger partial charge in [-0.3, -0.25) is 0 Å². The summed E-state index contributed by atoms with van der Waals surface area (Å²) in [7, 11) is 6.19. The molecule has 16 heavy (non-hydrogen) atoms. The molecule has 2 N–H and O–H groups in total. The largest absolute Gasteiger partial charge is 0.368 e. The van der Waals surface area contributed by atoms with E-state index in [1.807, 2.05) is 14.0 Å². The van der Waals surface area contributed by atoms with E-state index >= 15 is 0 Å². The summed E-state index contributed by atoms with van der Waals surface area (Å²) in [5, 5.41) is 0. The van der Waals surface area contributed by atoms with E-state index in [0.29, 0.717) is 5.95 Å². The van der Waals surface area contributed by atoms with Gasteiger partial charge >= 0.3 is 0 Å². The highest BCUT2D eigenvalue weighted by atomic mass is 15.2. The van der Waals surface area contributed by atoms with Crippen molar-refractivity contribution in [3.8, 4) is 0 Å². The van der Waals surface area contributed by atoms with Crippen molar-refractivity contribution >= 4 is 11.8 Å². The third-order valence-corrected chi connectivity index (χ3v) is 2.42. The van der Waals surface area contributed by atoms with E-state index in [4.69, 9.17) is 5.73 Å². The summed E-state index contributed by atoms with van der Waals surface area (Å²) >= 11 is 0. The third kappa shape index (κ3) is 3.66. The minimum absolute atomic E-state index is 0.333. The summed E-state index contributed by atoms with van der Waals surface area (Å²) in [6, 6.07) is 0. The summed E-state index contributed by atoms with van der Waals surface area (Å²) in [4.78, 5) is 12.5. The van der Waals surface area contributed by atoms with E-state index in [1.165, 1.54) is 0 Å². The Morgan fingerprint density at radius 3 is 2.56 bits per heavy atom. The predicted octanol–water partition coefficient (Wildman–Crippen LogP) is 0.755. The molecule has 0 aliphatic carbocycles. The first-order chi connectivity index (χ1) is 7.50. The van der Waals surface area contributed by atoms with Crippen LogP contribution in [-0.2, 0) is 0 Å². The molecule has 5 nitrogen and oxygen atoms in total. The molecule has 0 radical (unpaired) electrons. The Kier molecular flexibility index (Phi) is 4.49. The van der Waals surface area contributed by atoms with Crippen LogP contribution < -0.4 is 10.6 Å². The molecule has 0 bridgehead atoms. The van der Waals surface area contributed by atoms with Crippen LogP contribution in [0.4, 0.5) is 11.8 Å². The monoisotopic (exact) mass is 223 g/mol. The van der Waals surface area contributed by atoms with Gasteiger partial charge in [0, 0.05) is 25.4 Å². The van der Waals surface area contributed by atoms with Crippen molar-refractivity contribution in [3.05, 3.63) is 11.8 Å². The number of anilines is 2. The van der Waals surface area contributed by atoms with Crippen LogP contribution in [0.2, 0.25) is 0 Å². The zero-order chi connectivity index (χ0) is 12.1. The Hall–Kier alpha value is -1.36. The van der Waals surface area contributed by atoms with Crippen molar-refractivity contribution in [2.75, 3.05) is 44.9 Å². The Balaban J connectivity index is 2.58. The van der Waals surface area contributed by atoms with Gasteiger partial charge < -0.3 is 15.5 Å². The van der Waals surface area contributed by atoms with Crippen molar-refractivity contribution in [1.29, 1.82) is 0 Å².